The van der Waals surface area contributed by atoms with Crippen molar-refractivity contribution < 1.29 is 82.2 Å². The molecule has 0 aliphatic carbocycles. The molecule has 0 heterocycles. The molecule has 0 fully saturated rings. The van der Waals surface area contributed by atoms with Crippen LogP contribution >= 0.6 is 0 Å². The zero-order valence-electron chi connectivity index (χ0n) is 36.3. The van der Waals surface area contributed by atoms with E-state index < -0.39 is 94.9 Å². The van der Waals surface area contributed by atoms with Crippen molar-refractivity contribution in [2.24, 2.45) is 0 Å². The molecule has 0 bridgehead atoms. The summed E-state index contributed by atoms with van der Waals surface area (Å²) in [5.41, 5.74) is 1.44. The van der Waals surface area contributed by atoms with Crippen molar-refractivity contribution in [3.8, 4) is 0 Å². The molecule has 24 heteroatoms. The molecule has 4 unspecified atom stereocenters. The summed E-state index contributed by atoms with van der Waals surface area (Å²) in [6.45, 7) is 6.26. The number of hydrogen-bond donors (Lipinski definition) is 12. The van der Waals surface area contributed by atoms with E-state index in [2.05, 4.69) is 26.0 Å². The normalized spacial score (nSPS) is 12.4. The number of sulfonamides is 1. The molecule has 12 N–H and O–H groups in total. The fraction of sp³-hybridized carbons (Fsp3) is 0.488. The third-order valence-electron chi connectivity index (χ3n) is 8.70. The van der Waals surface area contributed by atoms with Gasteiger partial charge in [0.2, 0.25) is 10.0 Å². The van der Waals surface area contributed by atoms with Crippen molar-refractivity contribution >= 4 is 63.8 Å². The van der Waals surface area contributed by atoms with Crippen molar-refractivity contribution in [1.82, 2.24) is 31.3 Å². The number of hydrogen-bond acceptors (Lipinski definition) is 11. The summed E-state index contributed by atoms with van der Waals surface area (Å²) in [5, 5.41) is 65.1. The molecule has 23 nitrogen and oxygen atoms in total. The topological polar surface area (TPSA) is 381 Å². The molecular formula is C41H60N6O17S. The Morgan fingerprint density at radius 3 is 1.45 bits per heavy atom. The summed E-state index contributed by atoms with van der Waals surface area (Å²) in [4.78, 5) is 102. The summed E-state index contributed by atoms with van der Waals surface area (Å²) >= 11 is 0. The number of carbonyl (C=O) groups is 9. The van der Waals surface area contributed by atoms with Gasteiger partial charge in [-0.3, -0.25) is 19.2 Å². The minimum atomic E-state index is -3.69. The molecule has 0 radical (unpaired) electrons. The van der Waals surface area contributed by atoms with Gasteiger partial charge in [0.05, 0.1) is 11.3 Å². The smallest absolute Gasteiger partial charge is 0.326 e. The lowest BCUT2D eigenvalue weighted by atomic mass is 10.1. The van der Waals surface area contributed by atoms with Gasteiger partial charge in [0.1, 0.15) is 18.1 Å². The molecule has 4 atom stereocenters. The van der Waals surface area contributed by atoms with Crippen LogP contribution in [0.5, 0.6) is 0 Å². The molecular weight excluding hydrogens is 881 g/mol. The first-order valence-corrected chi connectivity index (χ1v) is 22.0. The highest BCUT2D eigenvalue weighted by atomic mass is 32.2. The third kappa shape index (κ3) is 27.1. The highest BCUT2D eigenvalue weighted by molar-refractivity contribution is 7.89. The summed E-state index contributed by atoms with van der Waals surface area (Å²) < 4.78 is 26.8. The second kappa shape index (κ2) is 31.9. The van der Waals surface area contributed by atoms with Gasteiger partial charge < -0.3 is 57.2 Å². The van der Waals surface area contributed by atoms with Gasteiger partial charge in [-0.05, 0) is 82.6 Å². The molecule has 65 heavy (non-hydrogen) atoms. The van der Waals surface area contributed by atoms with Crippen molar-refractivity contribution in [3.63, 3.8) is 0 Å². The maximum absolute atomic E-state index is 12.2. The van der Waals surface area contributed by atoms with Crippen LogP contribution < -0.4 is 31.3 Å². The minimum Gasteiger partial charge on any atom is -0.481 e. The van der Waals surface area contributed by atoms with E-state index in [4.69, 9.17) is 25.5 Å². The SMILES string of the molecule is CC.Cc1ccc(S(=O)(=O)NCCCCC(NC(=O)NC(CCC(=O)O)C(=O)O)C(=O)O)cc1.O=C(O)CCC(NC(=O)NC(CCCCNC(=O)c1ccccc1)CC(=O)O)C(=O)O. The first kappa shape index (κ1) is 58.2. The zero-order valence-corrected chi connectivity index (χ0v) is 37.1. The number of unbranched alkanes of at least 4 members (excludes halogenated alkanes) is 2. The first-order valence-electron chi connectivity index (χ1n) is 20.5. The van der Waals surface area contributed by atoms with Gasteiger partial charge in [0.25, 0.3) is 5.91 Å². The lowest BCUT2D eigenvalue weighted by Crippen LogP contribution is -2.51. The van der Waals surface area contributed by atoms with Crippen molar-refractivity contribution in [2.75, 3.05) is 13.1 Å². The maximum Gasteiger partial charge on any atom is 0.326 e. The molecule has 5 amide bonds. The number of aliphatic carboxylic acids is 6. The molecule has 2 aromatic rings. The van der Waals surface area contributed by atoms with E-state index in [9.17, 15) is 56.7 Å². The Hall–Kier alpha value is -6.82. The predicted octanol–water partition coefficient (Wildman–Crippen LogP) is 2.59. The summed E-state index contributed by atoms with van der Waals surface area (Å²) in [6.07, 6.45) is -0.0682. The second-order valence-corrected chi connectivity index (χ2v) is 15.7. The highest BCUT2D eigenvalue weighted by Gasteiger charge is 2.26. The minimum absolute atomic E-state index is 0.0259. The van der Waals surface area contributed by atoms with Crippen LogP contribution in [0.25, 0.3) is 0 Å². The van der Waals surface area contributed by atoms with Crippen LogP contribution in [0.3, 0.4) is 0 Å². The van der Waals surface area contributed by atoms with Crippen LogP contribution in [-0.4, -0.2) is 130 Å². The lowest BCUT2D eigenvalue weighted by Gasteiger charge is -2.20. The number of amides is 5. The predicted molar refractivity (Wildman–Crippen MR) is 232 cm³/mol. The Kier molecular flexibility index (Phi) is 28.6. The Bertz CT molecular complexity index is 1970. The Balaban J connectivity index is 0.00000121. The number of carboxylic acids is 6. The van der Waals surface area contributed by atoms with E-state index in [1.165, 1.54) is 12.1 Å². The molecule has 0 aliphatic heterocycles. The maximum atomic E-state index is 12.2. The van der Waals surface area contributed by atoms with Gasteiger partial charge in [-0.2, -0.15) is 0 Å². The van der Waals surface area contributed by atoms with Crippen LogP contribution in [0.15, 0.2) is 59.5 Å². The highest BCUT2D eigenvalue weighted by Crippen LogP contribution is 2.11. The number of carbonyl (C=O) groups excluding carboxylic acids is 3. The Labute approximate surface area is 375 Å². The van der Waals surface area contributed by atoms with Gasteiger partial charge in [-0.1, -0.05) is 49.7 Å². The Morgan fingerprint density at radius 2 is 0.985 bits per heavy atom. The average molecular weight is 941 g/mol. The number of nitrogens with one attached hydrogen (secondary N) is 6. The molecule has 0 saturated carbocycles. The third-order valence-corrected chi connectivity index (χ3v) is 10.2. The second-order valence-electron chi connectivity index (χ2n) is 13.9. The van der Waals surface area contributed by atoms with E-state index in [0.29, 0.717) is 37.8 Å². The number of benzene rings is 2. The zero-order chi connectivity index (χ0) is 49.5. The Morgan fingerprint density at radius 1 is 0.538 bits per heavy atom. The van der Waals surface area contributed by atoms with E-state index in [0.717, 1.165) is 5.56 Å². The number of carboxylic acid groups (broad SMARTS) is 6. The van der Waals surface area contributed by atoms with Gasteiger partial charge in [0.15, 0.2) is 0 Å². The molecule has 0 spiro atoms. The van der Waals surface area contributed by atoms with Crippen LogP contribution in [-0.2, 0) is 38.8 Å². The van der Waals surface area contributed by atoms with Gasteiger partial charge in [-0.15, -0.1) is 0 Å². The van der Waals surface area contributed by atoms with Crippen molar-refractivity contribution in [3.05, 3.63) is 65.7 Å². The molecule has 2 rings (SSSR count). The number of urea groups is 2. The lowest BCUT2D eigenvalue weighted by molar-refractivity contribution is -0.142. The summed E-state index contributed by atoms with van der Waals surface area (Å²) in [6, 6.07) is 8.01. The van der Waals surface area contributed by atoms with E-state index >= 15 is 0 Å². The van der Waals surface area contributed by atoms with Gasteiger partial charge >= 0.3 is 47.9 Å². The van der Waals surface area contributed by atoms with Gasteiger partial charge in [0, 0.05) is 37.5 Å². The number of rotatable bonds is 28. The quantitative estimate of drug-likeness (QED) is 0.0545. The van der Waals surface area contributed by atoms with E-state index in [1.807, 2.05) is 26.1 Å². The molecule has 362 valence electrons. The van der Waals surface area contributed by atoms with Crippen LogP contribution in [0.4, 0.5) is 9.59 Å². The summed E-state index contributed by atoms with van der Waals surface area (Å²) in [5.74, 6) is -7.98. The van der Waals surface area contributed by atoms with Crippen LogP contribution in [0.1, 0.15) is 100 Å². The fourth-order valence-corrected chi connectivity index (χ4v) is 6.45. The van der Waals surface area contributed by atoms with Crippen molar-refractivity contribution in [1.29, 1.82) is 0 Å². The first-order chi connectivity index (χ1) is 30.6. The van der Waals surface area contributed by atoms with E-state index in [-0.39, 0.29) is 49.5 Å². The summed E-state index contributed by atoms with van der Waals surface area (Å²) in [7, 11) is -3.69. The molecule has 0 aromatic heterocycles. The average Bonchev–Trinajstić information content (AvgIpc) is 3.23. The molecule has 0 saturated heterocycles. The van der Waals surface area contributed by atoms with Gasteiger partial charge in [-0.25, -0.2) is 37.1 Å². The molecule has 2 aromatic carbocycles. The van der Waals surface area contributed by atoms with Crippen LogP contribution in [0.2, 0.25) is 0 Å². The van der Waals surface area contributed by atoms with Crippen LogP contribution in [0, 0.1) is 6.92 Å². The largest absolute Gasteiger partial charge is 0.481 e. The monoisotopic (exact) mass is 940 g/mol. The molecule has 0 aliphatic rings. The fourth-order valence-electron chi connectivity index (χ4n) is 5.38. The number of aryl methyl sites for hydroxylation is 1. The van der Waals surface area contributed by atoms with E-state index in [1.54, 1.807) is 42.5 Å². The van der Waals surface area contributed by atoms with Crippen molar-refractivity contribution in [2.45, 2.75) is 120 Å². The standard InChI is InChI=1S/C20H27N3O8.C19H27N3O9S.C2H6/c24-16(25)10-9-15(19(29)30)23-20(31)22-14(12-17(26)27)8-4-5-11-21-18(28)13-6-2-1-3-7-13;1-12-5-7-13(8-6-12)32(30,31)20-11-3-2-4-14(17(25)26)21-19(29)22-15(18(27)28)9-10-16(23)24;1-2/h1-3,6-7,14-15H,4-5,8-12H2,(H,21,28)(H,24,25)(H,26,27)(H,29,30)(H2,22,23,31);5-8,14-15,20H,2-4,9-11H2,1H3,(H,23,24)(H,25,26)(H,27,28)(H2,21,22,29);1-2H3.